The number of ether oxygens (including phenoxy) is 1. The lowest BCUT2D eigenvalue weighted by molar-refractivity contribution is -0.131. The van der Waals surface area contributed by atoms with Crippen molar-refractivity contribution in [1.29, 1.82) is 0 Å². The van der Waals surface area contributed by atoms with E-state index >= 15 is 0 Å². The monoisotopic (exact) mass is 524 g/mol. The predicted molar refractivity (Wildman–Crippen MR) is 146 cm³/mol. The Balaban J connectivity index is 1.22. The third kappa shape index (κ3) is 5.76. The topological polar surface area (TPSA) is 104 Å². The number of hydrogen-bond donors (Lipinski definition) is 3. The van der Waals surface area contributed by atoms with Crippen LogP contribution in [0.3, 0.4) is 0 Å². The molecule has 2 aliphatic heterocycles. The number of aliphatic hydroxyl groups excluding tert-OH is 1. The predicted octanol–water partition coefficient (Wildman–Crippen LogP) is 3.44. The van der Waals surface area contributed by atoms with Gasteiger partial charge in [-0.15, -0.1) is 6.58 Å². The van der Waals surface area contributed by atoms with Gasteiger partial charge in [0.2, 0.25) is 17.7 Å². The summed E-state index contributed by atoms with van der Waals surface area (Å²) in [6.07, 6.45) is 11.8. The van der Waals surface area contributed by atoms with Crippen molar-refractivity contribution in [2.45, 2.75) is 108 Å². The summed E-state index contributed by atoms with van der Waals surface area (Å²) in [5.74, 6) is 0.796. The van der Waals surface area contributed by atoms with Crippen molar-refractivity contribution in [3.05, 3.63) is 36.0 Å². The molecule has 3 fully saturated rings. The average Bonchev–Trinajstić information content (AvgIpc) is 3.20. The summed E-state index contributed by atoms with van der Waals surface area (Å²) in [5.41, 5.74) is 2.08. The second-order valence-corrected chi connectivity index (χ2v) is 12.4. The molecule has 1 aromatic heterocycles. The Morgan fingerprint density at radius 1 is 1.34 bits per heavy atom. The van der Waals surface area contributed by atoms with Crippen molar-refractivity contribution >= 4 is 11.8 Å². The first kappa shape index (κ1) is 27.1. The molecular weight excluding hydrogens is 480 g/mol. The molecule has 2 amide bonds. The standard InChI is InChI=1S/C30H44N4O4/c1-4-7-24(33-28(37)21-14-27(36)34(18-21)22-8-5-9-22)26(35)17-31-25-15-30(10-6-11-30)38-29-23(25)13-20(16-32-29)12-19(2)3/h4,13,16,19,21-22,24-26,31,35H,1,5-12,14-15,17-18H2,2-3H3,(H,33,37)/t21?,24-,25-,26+/m0/s1. The van der Waals surface area contributed by atoms with E-state index in [9.17, 15) is 14.7 Å². The van der Waals surface area contributed by atoms with E-state index in [2.05, 4.69) is 42.1 Å². The highest BCUT2D eigenvalue weighted by molar-refractivity contribution is 5.89. The summed E-state index contributed by atoms with van der Waals surface area (Å²) in [7, 11) is 0. The smallest absolute Gasteiger partial charge is 0.225 e. The molecule has 208 valence electrons. The summed E-state index contributed by atoms with van der Waals surface area (Å²) in [4.78, 5) is 32.1. The SMILES string of the molecule is C=CC[C@H](NC(=O)C1CC(=O)N(C2CCC2)C1)[C@H](O)CN[C@H]1CC2(CCC2)Oc2ncc(CC(C)C)cc21. The summed E-state index contributed by atoms with van der Waals surface area (Å²) >= 11 is 0. The van der Waals surface area contributed by atoms with E-state index in [-0.39, 0.29) is 35.8 Å². The first-order chi connectivity index (χ1) is 18.3. The van der Waals surface area contributed by atoms with Crippen LogP contribution < -0.4 is 15.4 Å². The lowest BCUT2D eigenvalue weighted by atomic mass is 9.73. The molecule has 38 heavy (non-hydrogen) atoms. The summed E-state index contributed by atoms with van der Waals surface area (Å²) in [6, 6.07) is 2.06. The highest BCUT2D eigenvalue weighted by atomic mass is 16.5. The molecule has 3 N–H and O–H groups in total. The third-order valence-electron chi connectivity index (χ3n) is 8.94. The number of fused-ring (bicyclic) bond motifs is 1. The van der Waals surface area contributed by atoms with E-state index in [1.54, 1.807) is 6.08 Å². The Hall–Kier alpha value is -2.45. The van der Waals surface area contributed by atoms with Crippen LogP contribution in [-0.2, 0) is 16.0 Å². The Labute approximate surface area is 226 Å². The molecule has 3 heterocycles. The fourth-order valence-electron chi connectivity index (χ4n) is 6.38. The maximum Gasteiger partial charge on any atom is 0.225 e. The molecule has 2 aliphatic carbocycles. The van der Waals surface area contributed by atoms with Crippen molar-refractivity contribution in [1.82, 2.24) is 20.5 Å². The number of likely N-dealkylation sites (tertiary alicyclic amines) is 1. The largest absolute Gasteiger partial charge is 0.471 e. The van der Waals surface area contributed by atoms with Gasteiger partial charge in [0.25, 0.3) is 0 Å². The van der Waals surface area contributed by atoms with E-state index < -0.39 is 12.1 Å². The molecule has 0 radical (unpaired) electrons. The molecule has 1 unspecified atom stereocenters. The molecule has 8 nitrogen and oxygen atoms in total. The molecule has 1 spiro atoms. The highest BCUT2D eigenvalue weighted by Crippen LogP contribution is 2.48. The zero-order valence-corrected chi connectivity index (χ0v) is 23.0. The highest BCUT2D eigenvalue weighted by Gasteiger charge is 2.46. The second kappa shape index (κ2) is 11.3. The minimum Gasteiger partial charge on any atom is -0.471 e. The fourth-order valence-corrected chi connectivity index (χ4v) is 6.38. The number of carbonyl (C=O) groups excluding carboxylic acids is 2. The van der Waals surface area contributed by atoms with Crippen LogP contribution in [0.5, 0.6) is 5.88 Å². The summed E-state index contributed by atoms with van der Waals surface area (Å²) in [6.45, 7) is 9.04. The number of carbonyl (C=O) groups is 2. The van der Waals surface area contributed by atoms with Gasteiger partial charge in [-0.05, 0) is 68.9 Å². The number of aliphatic hydroxyl groups is 1. The molecule has 2 saturated carbocycles. The van der Waals surface area contributed by atoms with Gasteiger partial charge in [-0.3, -0.25) is 9.59 Å². The normalized spacial score (nSPS) is 25.8. The minimum atomic E-state index is -0.799. The Kier molecular flexibility index (Phi) is 8.10. The molecule has 4 atom stereocenters. The van der Waals surface area contributed by atoms with Crippen molar-refractivity contribution < 1.29 is 19.4 Å². The second-order valence-electron chi connectivity index (χ2n) is 12.4. The molecule has 4 aliphatic rings. The van der Waals surface area contributed by atoms with Gasteiger partial charge in [0.1, 0.15) is 5.60 Å². The summed E-state index contributed by atoms with van der Waals surface area (Å²) in [5, 5.41) is 17.8. The quantitative estimate of drug-likeness (QED) is 0.383. The number of aromatic nitrogens is 1. The van der Waals surface area contributed by atoms with Crippen LogP contribution in [0.4, 0.5) is 0 Å². The maximum absolute atomic E-state index is 13.1. The van der Waals surface area contributed by atoms with Gasteiger partial charge >= 0.3 is 0 Å². The molecule has 8 heteroatoms. The molecule has 0 aromatic carbocycles. The third-order valence-corrected chi connectivity index (χ3v) is 8.94. The summed E-state index contributed by atoms with van der Waals surface area (Å²) < 4.78 is 6.38. The van der Waals surface area contributed by atoms with E-state index in [4.69, 9.17) is 4.74 Å². The van der Waals surface area contributed by atoms with Crippen LogP contribution in [0.1, 0.15) is 88.8 Å². The lowest BCUT2D eigenvalue weighted by Crippen LogP contribution is -2.52. The first-order valence-corrected chi connectivity index (χ1v) is 14.6. The van der Waals surface area contributed by atoms with Gasteiger partial charge in [-0.1, -0.05) is 19.9 Å². The number of pyridine rings is 1. The van der Waals surface area contributed by atoms with E-state index in [1.165, 1.54) is 5.56 Å². The van der Waals surface area contributed by atoms with Crippen LogP contribution in [0, 0.1) is 11.8 Å². The van der Waals surface area contributed by atoms with Gasteiger partial charge in [0.05, 0.1) is 18.1 Å². The molecule has 1 saturated heterocycles. The van der Waals surface area contributed by atoms with Crippen LogP contribution in [-0.4, -0.2) is 63.7 Å². The van der Waals surface area contributed by atoms with Gasteiger partial charge < -0.3 is 25.4 Å². The molecule has 0 bridgehead atoms. The van der Waals surface area contributed by atoms with Crippen LogP contribution >= 0.6 is 0 Å². The molecule has 5 rings (SSSR count). The van der Waals surface area contributed by atoms with E-state index in [1.807, 2.05) is 11.1 Å². The van der Waals surface area contributed by atoms with Crippen LogP contribution in [0.25, 0.3) is 0 Å². The Morgan fingerprint density at radius 3 is 2.76 bits per heavy atom. The molecular formula is C30H44N4O4. The maximum atomic E-state index is 13.1. The van der Waals surface area contributed by atoms with Crippen molar-refractivity contribution in [3.63, 3.8) is 0 Å². The zero-order valence-electron chi connectivity index (χ0n) is 23.0. The number of nitrogens with zero attached hydrogens (tertiary/aromatic N) is 2. The Bertz CT molecular complexity index is 1040. The minimum absolute atomic E-state index is 0.0249. The molecule has 1 aromatic rings. The average molecular weight is 525 g/mol. The van der Waals surface area contributed by atoms with Crippen molar-refractivity contribution in [2.75, 3.05) is 13.1 Å². The van der Waals surface area contributed by atoms with Gasteiger partial charge in [-0.2, -0.15) is 0 Å². The van der Waals surface area contributed by atoms with E-state index in [0.29, 0.717) is 37.4 Å². The van der Waals surface area contributed by atoms with Gasteiger partial charge in [0, 0.05) is 49.8 Å². The van der Waals surface area contributed by atoms with Crippen LogP contribution in [0.2, 0.25) is 0 Å². The van der Waals surface area contributed by atoms with E-state index in [0.717, 1.165) is 56.9 Å². The lowest BCUT2D eigenvalue weighted by Gasteiger charge is -2.47. The van der Waals surface area contributed by atoms with Crippen molar-refractivity contribution in [3.8, 4) is 5.88 Å². The fraction of sp³-hybridized carbons (Fsp3) is 0.700. The van der Waals surface area contributed by atoms with Crippen molar-refractivity contribution in [2.24, 2.45) is 11.8 Å². The number of amides is 2. The zero-order chi connectivity index (χ0) is 26.9. The van der Waals surface area contributed by atoms with Crippen LogP contribution in [0.15, 0.2) is 24.9 Å². The number of rotatable bonds is 11. The van der Waals surface area contributed by atoms with Gasteiger partial charge in [0.15, 0.2) is 0 Å². The number of nitrogens with one attached hydrogen (secondary N) is 2. The van der Waals surface area contributed by atoms with Gasteiger partial charge in [-0.25, -0.2) is 4.98 Å². The Morgan fingerprint density at radius 2 is 2.13 bits per heavy atom. The first-order valence-electron chi connectivity index (χ1n) is 14.6. The number of hydrogen-bond acceptors (Lipinski definition) is 6.